The average Bonchev–Trinajstić information content (AvgIpc) is 3.38. The maximum absolute atomic E-state index is 12.8. The Morgan fingerprint density at radius 3 is 2.52 bits per heavy atom. The molecule has 2 aromatic carbocycles. The van der Waals surface area contributed by atoms with Crippen LogP contribution in [-0.2, 0) is 13.0 Å². The fourth-order valence-electron chi connectivity index (χ4n) is 6.08. The van der Waals surface area contributed by atoms with E-state index in [1.807, 2.05) is 31.3 Å². The van der Waals surface area contributed by atoms with Crippen LogP contribution in [0.5, 0.6) is 5.75 Å². The van der Waals surface area contributed by atoms with Crippen molar-refractivity contribution in [1.82, 2.24) is 15.6 Å². The van der Waals surface area contributed by atoms with Crippen LogP contribution < -0.4 is 10.6 Å². The lowest BCUT2D eigenvalue weighted by atomic mass is 9.88. The fourth-order valence-corrected chi connectivity index (χ4v) is 6.83. The zero-order chi connectivity index (χ0) is 30.5. The number of aromatic nitrogens is 1. The highest BCUT2D eigenvalue weighted by atomic mass is 28.4. The molecule has 1 saturated carbocycles. The Morgan fingerprint density at radius 2 is 1.83 bits per heavy atom. The van der Waals surface area contributed by atoms with Gasteiger partial charge in [-0.05, 0) is 104 Å². The van der Waals surface area contributed by atoms with Gasteiger partial charge in [-0.25, -0.2) is 0 Å². The minimum absolute atomic E-state index is 0.0324. The Balaban J connectivity index is 1.40. The largest absolute Gasteiger partial charge is 0.508 e. The van der Waals surface area contributed by atoms with Gasteiger partial charge in [-0.3, -0.25) is 4.79 Å². The third-order valence-corrected chi connectivity index (χ3v) is 13.1. The molecule has 230 valence electrons. The molecule has 0 unspecified atom stereocenters. The summed E-state index contributed by atoms with van der Waals surface area (Å²) in [6.07, 6.45) is 7.89. The summed E-state index contributed by atoms with van der Waals surface area (Å²) >= 11 is 0. The van der Waals surface area contributed by atoms with Gasteiger partial charge in [0.2, 0.25) is 0 Å². The summed E-state index contributed by atoms with van der Waals surface area (Å²) in [5.74, 6) is 0.771. The first-order chi connectivity index (χ1) is 19.9. The molecule has 1 aliphatic rings. The summed E-state index contributed by atoms with van der Waals surface area (Å²) in [6.45, 7) is 11.7. The van der Waals surface area contributed by atoms with Crippen molar-refractivity contribution >= 4 is 25.1 Å². The SMILES string of the molecule is C[C@H](Cc1ccc2[nH]c(C(=O)NCC3CCCCC3)cc2c1)NC[C@H](CC(C)(C)[Si](C)(C)O)c1ccc(O)c(CO)c1. The van der Waals surface area contributed by atoms with E-state index in [4.69, 9.17) is 0 Å². The number of hydrogen-bond acceptors (Lipinski definition) is 5. The summed E-state index contributed by atoms with van der Waals surface area (Å²) < 4.78 is 0. The molecule has 4 rings (SSSR count). The molecule has 6 N–H and O–H groups in total. The number of carbonyl (C=O) groups excluding carboxylic acids is 1. The second-order valence-electron chi connectivity index (χ2n) is 13.7. The smallest absolute Gasteiger partial charge is 0.267 e. The lowest BCUT2D eigenvalue weighted by Gasteiger charge is -2.38. The van der Waals surface area contributed by atoms with Crippen LogP contribution in [0.1, 0.15) is 92.4 Å². The van der Waals surface area contributed by atoms with Crippen LogP contribution in [-0.4, -0.2) is 53.3 Å². The lowest BCUT2D eigenvalue weighted by molar-refractivity contribution is 0.0939. The van der Waals surface area contributed by atoms with Crippen molar-refractivity contribution in [2.24, 2.45) is 5.92 Å². The van der Waals surface area contributed by atoms with Crippen LogP contribution in [0.15, 0.2) is 42.5 Å². The molecule has 1 heterocycles. The molecule has 42 heavy (non-hydrogen) atoms. The Kier molecular flexibility index (Phi) is 10.6. The average molecular weight is 594 g/mol. The predicted molar refractivity (Wildman–Crippen MR) is 174 cm³/mol. The molecule has 1 fully saturated rings. The normalized spacial score (nSPS) is 16.5. The molecule has 0 saturated heterocycles. The molecule has 0 bridgehead atoms. The van der Waals surface area contributed by atoms with E-state index < -0.39 is 8.32 Å². The van der Waals surface area contributed by atoms with Gasteiger partial charge in [0.05, 0.1) is 6.61 Å². The third kappa shape index (κ3) is 8.25. The van der Waals surface area contributed by atoms with Gasteiger partial charge in [-0.15, -0.1) is 0 Å². The number of carbonyl (C=O) groups is 1. The minimum Gasteiger partial charge on any atom is -0.508 e. The number of hydrogen-bond donors (Lipinski definition) is 6. The van der Waals surface area contributed by atoms with E-state index in [1.165, 1.54) is 37.7 Å². The van der Waals surface area contributed by atoms with Gasteiger partial charge in [-0.1, -0.05) is 45.2 Å². The molecule has 0 radical (unpaired) electrons. The second kappa shape index (κ2) is 13.8. The van der Waals surface area contributed by atoms with Crippen molar-refractivity contribution in [2.45, 2.75) is 102 Å². The monoisotopic (exact) mass is 593 g/mol. The molecule has 2 atom stereocenters. The number of benzene rings is 2. The number of H-pyrrole nitrogens is 1. The molecule has 1 amide bonds. The fraction of sp³-hybridized carbons (Fsp3) is 0.559. The number of aromatic hydroxyl groups is 1. The topological polar surface area (TPSA) is 118 Å². The predicted octanol–water partition coefficient (Wildman–Crippen LogP) is 6.35. The van der Waals surface area contributed by atoms with Crippen molar-refractivity contribution in [3.63, 3.8) is 0 Å². The number of nitrogens with one attached hydrogen (secondary N) is 3. The Morgan fingerprint density at radius 1 is 1.10 bits per heavy atom. The number of phenols is 1. The quantitative estimate of drug-likeness (QED) is 0.129. The zero-order valence-electron chi connectivity index (χ0n) is 26.1. The van der Waals surface area contributed by atoms with E-state index in [2.05, 4.69) is 54.6 Å². The molecule has 0 spiro atoms. The van der Waals surface area contributed by atoms with E-state index in [9.17, 15) is 19.8 Å². The van der Waals surface area contributed by atoms with E-state index in [1.54, 1.807) is 6.07 Å². The van der Waals surface area contributed by atoms with Crippen molar-refractivity contribution in [1.29, 1.82) is 0 Å². The van der Waals surface area contributed by atoms with Gasteiger partial charge in [-0.2, -0.15) is 0 Å². The summed E-state index contributed by atoms with van der Waals surface area (Å²) in [4.78, 5) is 27.1. The molecular formula is C34H51N3O4Si. The van der Waals surface area contributed by atoms with E-state index in [-0.39, 0.29) is 35.3 Å². The zero-order valence-corrected chi connectivity index (χ0v) is 27.1. The lowest BCUT2D eigenvalue weighted by Crippen LogP contribution is -2.41. The van der Waals surface area contributed by atoms with Crippen LogP contribution >= 0.6 is 0 Å². The van der Waals surface area contributed by atoms with E-state index in [0.29, 0.717) is 23.7 Å². The molecule has 1 aromatic heterocycles. The third-order valence-electron chi connectivity index (χ3n) is 9.62. The van der Waals surface area contributed by atoms with Crippen molar-refractivity contribution in [3.05, 3.63) is 64.8 Å². The van der Waals surface area contributed by atoms with E-state index >= 15 is 0 Å². The van der Waals surface area contributed by atoms with Gasteiger partial charge in [0.25, 0.3) is 5.91 Å². The number of aliphatic hydroxyl groups excluding tert-OH is 1. The maximum Gasteiger partial charge on any atom is 0.267 e. The van der Waals surface area contributed by atoms with Crippen molar-refractivity contribution in [3.8, 4) is 5.75 Å². The van der Waals surface area contributed by atoms with Crippen LogP contribution in [0.3, 0.4) is 0 Å². The Labute approximate surface area is 252 Å². The molecule has 8 heteroatoms. The van der Waals surface area contributed by atoms with Gasteiger partial charge in [0.1, 0.15) is 11.4 Å². The second-order valence-corrected chi connectivity index (χ2v) is 18.2. The number of rotatable bonds is 13. The minimum atomic E-state index is -2.44. The highest BCUT2D eigenvalue weighted by molar-refractivity contribution is 6.72. The maximum atomic E-state index is 12.8. The van der Waals surface area contributed by atoms with E-state index in [0.717, 1.165) is 35.9 Å². The Hall–Kier alpha value is -2.65. The van der Waals surface area contributed by atoms with Crippen LogP contribution in [0.4, 0.5) is 0 Å². The van der Waals surface area contributed by atoms with Crippen LogP contribution in [0, 0.1) is 5.92 Å². The summed E-state index contributed by atoms with van der Waals surface area (Å²) in [6, 6.07) is 14.0. The number of aliphatic hydroxyl groups is 1. The first-order valence-electron chi connectivity index (χ1n) is 15.6. The van der Waals surface area contributed by atoms with Crippen LogP contribution in [0.2, 0.25) is 18.1 Å². The Bertz CT molecular complexity index is 1340. The molecule has 3 aromatic rings. The highest BCUT2D eigenvalue weighted by Crippen LogP contribution is 2.44. The summed E-state index contributed by atoms with van der Waals surface area (Å²) in [5, 5.41) is 27.5. The van der Waals surface area contributed by atoms with Gasteiger partial charge in [0.15, 0.2) is 8.32 Å². The standard InChI is InChI=1S/C34H51N3O4Si/c1-23(35-21-29(19-34(2,3)42(4,5)41)26-12-14-32(39)28(17-26)22-38)15-25-11-13-30-27(16-25)18-31(37-30)33(40)36-20-24-9-7-6-8-10-24/h11-14,16-18,23-24,29,35,37-39,41H,6-10,15,19-22H2,1-5H3,(H,36,40)/t23-,29+/m1/s1. The summed E-state index contributed by atoms with van der Waals surface area (Å²) in [7, 11) is -2.44. The van der Waals surface area contributed by atoms with Crippen LogP contribution in [0.25, 0.3) is 10.9 Å². The van der Waals surface area contributed by atoms with Crippen molar-refractivity contribution in [2.75, 3.05) is 13.1 Å². The molecule has 7 nitrogen and oxygen atoms in total. The highest BCUT2D eigenvalue weighted by Gasteiger charge is 2.40. The number of amides is 1. The first kappa shape index (κ1) is 32.3. The van der Waals surface area contributed by atoms with Gasteiger partial charge >= 0.3 is 0 Å². The number of fused-ring (bicyclic) bond motifs is 1. The number of aromatic amines is 1. The van der Waals surface area contributed by atoms with Crippen molar-refractivity contribution < 1.29 is 19.8 Å². The summed E-state index contributed by atoms with van der Waals surface area (Å²) in [5.41, 5.74) is 4.34. The molecular weight excluding hydrogens is 542 g/mol. The first-order valence-corrected chi connectivity index (χ1v) is 18.6. The van der Waals surface area contributed by atoms with Gasteiger partial charge < -0.3 is 30.6 Å². The van der Waals surface area contributed by atoms with Gasteiger partial charge in [0, 0.05) is 35.6 Å². The molecule has 1 aliphatic carbocycles. The molecule has 0 aliphatic heterocycles.